The topological polar surface area (TPSA) is 66.0 Å². The van der Waals surface area contributed by atoms with Gasteiger partial charge in [0, 0.05) is 37.0 Å². The van der Waals surface area contributed by atoms with Crippen molar-refractivity contribution in [2.24, 2.45) is 4.99 Å². The Kier molecular flexibility index (Phi) is 7.52. The Balaban J connectivity index is 1.88. The van der Waals surface area contributed by atoms with Crippen molar-refractivity contribution in [3.63, 3.8) is 0 Å². The van der Waals surface area contributed by atoms with Crippen LogP contribution in [0.5, 0.6) is 0 Å². The maximum atomic E-state index is 11.8. The molecule has 1 aliphatic rings. The minimum atomic E-state index is -0.0167. The fraction of sp³-hybridized carbons (Fsp3) is 0.647. The van der Waals surface area contributed by atoms with Gasteiger partial charge in [-0.1, -0.05) is 0 Å². The number of aryl methyl sites for hydroxylation is 1. The number of hydrogen-bond acceptors (Lipinski definition) is 4. The minimum Gasteiger partial charge on any atom is -0.376 e. The van der Waals surface area contributed by atoms with Crippen molar-refractivity contribution in [2.45, 2.75) is 38.8 Å². The number of nitrogens with one attached hydrogen (secondary N) is 2. The fourth-order valence-electron chi connectivity index (χ4n) is 2.39. The van der Waals surface area contributed by atoms with Crippen LogP contribution in [0.15, 0.2) is 17.1 Å². The van der Waals surface area contributed by atoms with Crippen molar-refractivity contribution in [3.8, 4) is 0 Å². The van der Waals surface area contributed by atoms with Crippen molar-refractivity contribution in [3.05, 3.63) is 21.9 Å². The highest BCUT2D eigenvalue weighted by Crippen LogP contribution is 2.14. The van der Waals surface area contributed by atoms with E-state index in [1.807, 2.05) is 0 Å². The molecule has 1 aromatic rings. The molecule has 1 fully saturated rings. The molecule has 1 aromatic heterocycles. The van der Waals surface area contributed by atoms with E-state index in [-0.39, 0.29) is 18.6 Å². The largest absolute Gasteiger partial charge is 0.376 e. The molecule has 1 amide bonds. The summed E-state index contributed by atoms with van der Waals surface area (Å²) in [6, 6.07) is 4.22. The van der Waals surface area contributed by atoms with Gasteiger partial charge in [0.2, 0.25) is 5.91 Å². The third-order valence-corrected chi connectivity index (χ3v) is 4.87. The lowest BCUT2D eigenvalue weighted by Gasteiger charge is -2.23. The summed E-state index contributed by atoms with van der Waals surface area (Å²) in [5, 5.41) is 6.61. The maximum Gasteiger partial charge on any atom is 0.243 e. The average Bonchev–Trinajstić information content (AvgIpc) is 3.00. The first-order valence-electron chi connectivity index (χ1n) is 8.44. The second-order valence-electron chi connectivity index (χ2n) is 6.19. The normalized spacial score (nSPS) is 18.3. The second-order valence-corrected chi connectivity index (χ2v) is 7.56. The van der Waals surface area contributed by atoms with Crippen LogP contribution >= 0.6 is 11.3 Å². The summed E-state index contributed by atoms with van der Waals surface area (Å²) in [7, 11) is 3.48. The summed E-state index contributed by atoms with van der Waals surface area (Å²) in [6.07, 6.45) is 3.64. The van der Waals surface area contributed by atoms with Crippen LogP contribution in [0.4, 0.5) is 0 Å². The number of likely N-dealkylation sites (N-methyl/N-ethyl adjacent to an activating group) is 1. The van der Waals surface area contributed by atoms with Crippen molar-refractivity contribution in [1.29, 1.82) is 0 Å². The van der Waals surface area contributed by atoms with Crippen molar-refractivity contribution in [2.75, 3.05) is 33.8 Å². The highest BCUT2D eigenvalue weighted by molar-refractivity contribution is 7.11. The van der Waals surface area contributed by atoms with Gasteiger partial charge in [0.1, 0.15) is 6.54 Å². The van der Waals surface area contributed by atoms with E-state index < -0.39 is 0 Å². The summed E-state index contributed by atoms with van der Waals surface area (Å²) in [6.45, 7) is 4.48. The SMILES string of the molecule is Cc1ccc(CNC(=NCC(=O)N(C)C)NCC2CCCCO2)s1. The smallest absolute Gasteiger partial charge is 0.243 e. The molecule has 7 heteroatoms. The third kappa shape index (κ3) is 6.49. The maximum absolute atomic E-state index is 11.8. The van der Waals surface area contributed by atoms with Crippen molar-refractivity contribution in [1.82, 2.24) is 15.5 Å². The van der Waals surface area contributed by atoms with E-state index in [4.69, 9.17) is 4.74 Å². The zero-order chi connectivity index (χ0) is 17.4. The number of amides is 1. The molecule has 1 aliphatic heterocycles. The average molecular weight is 353 g/mol. The molecule has 0 aromatic carbocycles. The summed E-state index contributed by atoms with van der Waals surface area (Å²) in [5.41, 5.74) is 0. The second kappa shape index (κ2) is 9.64. The van der Waals surface area contributed by atoms with Crippen LogP contribution in [0.2, 0.25) is 0 Å². The van der Waals surface area contributed by atoms with E-state index >= 15 is 0 Å². The van der Waals surface area contributed by atoms with Gasteiger partial charge >= 0.3 is 0 Å². The minimum absolute atomic E-state index is 0.0167. The molecule has 2 heterocycles. The van der Waals surface area contributed by atoms with E-state index in [2.05, 4.69) is 34.7 Å². The highest BCUT2D eigenvalue weighted by Gasteiger charge is 2.14. The lowest BCUT2D eigenvalue weighted by atomic mass is 10.1. The van der Waals surface area contributed by atoms with Crippen LogP contribution in [-0.2, 0) is 16.1 Å². The number of hydrogen-bond donors (Lipinski definition) is 2. The molecule has 0 bridgehead atoms. The Morgan fingerprint density at radius 3 is 2.83 bits per heavy atom. The monoisotopic (exact) mass is 352 g/mol. The molecule has 0 spiro atoms. The standard InChI is InChI=1S/C17H28N4O2S/c1-13-7-8-15(24-13)11-19-17(20-12-16(22)21(2)3)18-10-14-6-4-5-9-23-14/h7-8,14H,4-6,9-12H2,1-3H3,(H2,18,19,20). The predicted molar refractivity (Wildman–Crippen MR) is 98.5 cm³/mol. The number of rotatable bonds is 6. The number of carbonyl (C=O) groups is 1. The summed E-state index contributed by atoms with van der Waals surface area (Å²) in [4.78, 5) is 20.3. The van der Waals surface area contributed by atoms with Gasteiger partial charge < -0.3 is 20.3 Å². The third-order valence-electron chi connectivity index (χ3n) is 3.87. The highest BCUT2D eigenvalue weighted by atomic mass is 32.1. The van der Waals surface area contributed by atoms with Gasteiger partial charge in [-0.25, -0.2) is 4.99 Å². The van der Waals surface area contributed by atoms with E-state index in [0.717, 1.165) is 19.4 Å². The van der Waals surface area contributed by atoms with Gasteiger partial charge in [0.25, 0.3) is 0 Å². The van der Waals surface area contributed by atoms with Crippen LogP contribution in [-0.4, -0.2) is 56.7 Å². The molecule has 134 valence electrons. The first-order valence-corrected chi connectivity index (χ1v) is 9.25. The van der Waals surface area contributed by atoms with Crippen LogP contribution in [0.1, 0.15) is 29.0 Å². The lowest BCUT2D eigenvalue weighted by Crippen LogP contribution is -2.42. The van der Waals surface area contributed by atoms with Crippen molar-refractivity contribution < 1.29 is 9.53 Å². The predicted octanol–water partition coefficient (Wildman–Crippen LogP) is 1.75. The lowest BCUT2D eigenvalue weighted by molar-refractivity contribution is -0.127. The number of thiophene rings is 1. The molecule has 0 saturated carbocycles. The summed E-state index contributed by atoms with van der Waals surface area (Å²) < 4.78 is 5.74. The fourth-order valence-corrected chi connectivity index (χ4v) is 3.22. The Hall–Kier alpha value is -1.60. The molecule has 6 nitrogen and oxygen atoms in total. The van der Waals surface area contributed by atoms with Gasteiger partial charge in [-0.2, -0.15) is 0 Å². The van der Waals surface area contributed by atoms with E-state index in [9.17, 15) is 4.79 Å². The van der Waals surface area contributed by atoms with E-state index in [0.29, 0.717) is 19.0 Å². The molecule has 2 rings (SSSR count). The van der Waals surface area contributed by atoms with Crippen molar-refractivity contribution >= 4 is 23.2 Å². The van der Waals surface area contributed by atoms with Crippen LogP contribution in [0.3, 0.4) is 0 Å². The van der Waals surface area contributed by atoms with Gasteiger partial charge in [0.15, 0.2) is 5.96 Å². The molecule has 1 unspecified atom stereocenters. The number of carbonyl (C=O) groups excluding carboxylic acids is 1. The first-order chi connectivity index (χ1) is 11.5. The van der Waals surface area contributed by atoms with E-state index in [1.54, 1.807) is 30.3 Å². The number of ether oxygens (including phenoxy) is 1. The van der Waals surface area contributed by atoms with Crippen LogP contribution in [0, 0.1) is 6.92 Å². The van der Waals surface area contributed by atoms with Crippen LogP contribution < -0.4 is 10.6 Å². The summed E-state index contributed by atoms with van der Waals surface area (Å²) >= 11 is 1.76. The number of nitrogens with zero attached hydrogens (tertiary/aromatic N) is 2. The quantitative estimate of drug-likeness (QED) is 0.605. The molecule has 0 aliphatic carbocycles. The molecular weight excluding hydrogens is 324 g/mol. The Labute approximate surface area is 148 Å². The molecule has 1 saturated heterocycles. The Bertz CT molecular complexity index is 551. The molecule has 24 heavy (non-hydrogen) atoms. The zero-order valence-electron chi connectivity index (χ0n) is 14.8. The summed E-state index contributed by atoms with van der Waals surface area (Å²) in [5.74, 6) is 0.641. The number of guanidine groups is 1. The molecular formula is C17H28N4O2S. The van der Waals surface area contributed by atoms with Gasteiger partial charge in [0.05, 0.1) is 12.6 Å². The van der Waals surface area contributed by atoms with E-state index in [1.165, 1.54) is 16.2 Å². The zero-order valence-corrected chi connectivity index (χ0v) is 15.6. The van der Waals surface area contributed by atoms with Gasteiger partial charge in [-0.05, 0) is 38.3 Å². The Morgan fingerprint density at radius 1 is 1.38 bits per heavy atom. The molecule has 2 N–H and O–H groups in total. The Morgan fingerprint density at radius 2 is 2.21 bits per heavy atom. The molecule has 1 atom stereocenters. The van der Waals surface area contributed by atoms with Crippen LogP contribution in [0.25, 0.3) is 0 Å². The first kappa shape index (κ1) is 18.7. The molecule has 0 radical (unpaired) electrons. The van der Waals surface area contributed by atoms with Gasteiger partial charge in [-0.15, -0.1) is 11.3 Å². The van der Waals surface area contributed by atoms with Gasteiger partial charge in [-0.3, -0.25) is 4.79 Å². The number of aliphatic imine (C=N–C) groups is 1.